The number of ether oxygens (including phenoxy) is 3. The predicted molar refractivity (Wildman–Crippen MR) is 293 cm³/mol. The second-order valence-electron chi connectivity index (χ2n) is 22.1. The summed E-state index contributed by atoms with van der Waals surface area (Å²) in [5.74, 6) is 0.860. The van der Waals surface area contributed by atoms with Crippen LogP contribution in [0.1, 0.15) is 349 Å². The zero-order valence-corrected chi connectivity index (χ0v) is 46.7. The van der Waals surface area contributed by atoms with E-state index < -0.39 is 6.10 Å². The lowest BCUT2D eigenvalue weighted by molar-refractivity contribution is -0.167. The van der Waals surface area contributed by atoms with Gasteiger partial charge >= 0.3 is 17.9 Å². The van der Waals surface area contributed by atoms with Gasteiger partial charge in [0.2, 0.25) is 0 Å². The van der Waals surface area contributed by atoms with Crippen LogP contribution in [-0.2, 0) is 28.6 Å². The van der Waals surface area contributed by atoms with Crippen molar-refractivity contribution < 1.29 is 28.6 Å². The van der Waals surface area contributed by atoms with Gasteiger partial charge in [-0.05, 0) is 31.1 Å². The molecule has 2 atom stereocenters. The Morgan fingerprint density at radius 3 is 0.838 bits per heavy atom. The first-order valence-corrected chi connectivity index (χ1v) is 30.8. The summed E-state index contributed by atoms with van der Waals surface area (Å²) < 4.78 is 16.9. The number of hydrogen-bond donors (Lipinski definition) is 0. The maximum absolute atomic E-state index is 12.8. The molecule has 0 N–H and O–H groups in total. The Hall–Kier alpha value is -1.59. The molecule has 0 saturated carbocycles. The van der Waals surface area contributed by atoms with Crippen LogP contribution in [0.15, 0.2) is 0 Å². The lowest BCUT2D eigenvalue weighted by Crippen LogP contribution is -2.30. The molecule has 404 valence electrons. The summed E-state index contributed by atoms with van der Waals surface area (Å²) in [5, 5.41) is 0. The van der Waals surface area contributed by atoms with Gasteiger partial charge in [0.15, 0.2) is 6.10 Å². The normalized spacial score (nSPS) is 12.4. The van der Waals surface area contributed by atoms with Gasteiger partial charge in [0.05, 0.1) is 0 Å². The summed E-state index contributed by atoms with van der Waals surface area (Å²) >= 11 is 0. The van der Waals surface area contributed by atoms with Crippen molar-refractivity contribution in [3.8, 4) is 0 Å². The number of unbranched alkanes of at least 4 members (excludes halogenated alkanes) is 40. The molecule has 1 unspecified atom stereocenters. The van der Waals surface area contributed by atoms with Crippen LogP contribution in [0.3, 0.4) is 0 Å². The highest BCUT2D eigenvalue weighted by Crippen LogP contribution is 2.19. The molecule has 0 aromatic heterocycles. The molecule has 0 rings (SSSR count). The van der Waals surface area contributed by atoms with Gasteiger partial charge in [0.25, 0.3) is 0 Å². The maximum Gasteiger partial charge on any atom is 0.306 e. The van der Waals surface area contributed by atoms with E-state index in [-0.39, 0.29) is 31.1 Å². The van der Waals surface area contributed by atoms with E-state index in [0.717, 1.165) is 69.6 Å². The molecule has 0 aromatic rings. The van der Waals surface area contributed by atoms with Gasteiger partial charge in [-0.25, -0.2) is 0 Å². The fourth-order valence-corrected chi connectivity index (χ4v) is 9.55. The SMILES string of the molecule is CCCCCCCCCCCCCCCCCCCCCC(=O)OC[C@@H](COC(=O)CCCCCCCCCCCCCCCCCCC(C)C)OC(=O)CCCCCCCCCCC(C)CC. The minimum absolute atomic E-state index is 0.0628. The summed E-state index contributed by atoms with van der Waals surface area (Å²) in [5.41, 5.74) is 0. The second kappa shape index (κ2) is 54.7. The molecule has 0 radical (unpaired) electrons. The molecule has 0 aliphatic heterocycles. The van der Waals surface area contributed by atoms with Gasteiger partial charge in [-0.15, -0.1) is 0 Å². The number of rotatable bonds is 56. The molecule has 0 bridgehead atoms. The van der Waals surface area contributed by atoms with Gasteiger partial charge in [-0.1, -0.05) is 311 Å². The van der Waals surface area contributed by atoms with Crippen molar-refractivity contribution in [1.29, 1.82) is 0 Å². The maximum atomic E-state index is 12.8. The first-order chi connectivity index (χ1) is 33.3. The van der Waals surface area contributed by atoms with Crippen molar-refractivity contribution in [2.24, 2.45) is 11.8 Å². The molecule has 68 heavy (non-hydrogen) atoms. The van der Waals surface area contributed by atoms with Gasteiger partial charge < -0.3 is 14.2 Å². The van der Waals surface area contributed by atoms with E-state index in [4.69, 9.17) is 14.2 Å². The summed E-state index contributed by atoms with van der Waals surface area (Å²) in [7, 11) is 0. The topological polar surface area (TPSA) is 78.9 Å². The average Bonchev–Trinajstić information content (AvgIpc) is 3.32. The minimum atomic E-state index is -0.764. The highest BCUT2D eigenvalue weighted by atomic mass is 16.6. The fourth-order valence-electron chi connectivity index (χ4n) is 9.55. The summed E-state index contributed by atoms with van der Waals surface area (Å²) in [6.07, 6.45) is 59.6. The Morgan fingerprint density at radius 1 is 0.309 bits per heavy atom. The van der Waals surface area contributed by atoms with Crippen molar-refractivity contribution >= 4 is 17.9 Å². The van der Waals surface area contributed by atoms with Gasteiger partial charge in [0, 0.05) is 19.3 Å². The van der Waals surface area contributed by atoms with E-state index in [9.17, 15) is 14.4 Å². The summed E-state index contributed by atoms with van der Waals surface area (Å²) in [6.45, 7) is 11.4. The van der Waals surface area contributed by atoms with Gasteiger partial charge in [-0.2, -0.15) is 0 Å². The quantitative estimate of drug-likeness (QED) is 0.0343. The molecule has 0 amide bonds. The summed E-state index contributed by atoms with van der Waals surface area (Å²) in [6, 6.07) is 0. The van der Waals surface area contributed by atoms with E-state index >= 15 is 0 Å². The molecule has 0 saturated heterocycles. The first kappa shape index (κ1) is 66.4. The molecular weight excluding hydrogens is 841 g/mol. The Bertz CT molecular complexity index is 1040. The van der Waals surface area contributed by atoms with Crippen LogP contribution < -0.4 is 0 Å². The van der Waals surface area contributed by atoms with E-state index in [1.165, 1.54) is 238 Å². The van der Waals surface area contributed by atoms with Crippen molar-refractivity contribution in [2.45, 2.75) is 355 Å². The second-order valence-corrected chi connectivity index (χ2v) is 22.1. The Balaban J connectivity index is 4.24. The molecule has 6 nitrogen and oxygen atoms in total. The van der Waals surface area contributed by atoms with Crippen molar-refractivity contribution in [2.75, 3.05) is 13.2 Å². The summed E-state index contributed by atoms with van der Waals surface area (Å²) in [4.78, 5) is 38.2. The molecule has 0 fully saturated rings. The fraction of sp³-hybridized carbons (Fsp3) is 0.952. The van der Waals surface area contributed by atoms with Crippen molar-refractivity contribution in [3.63, 3.8) is 0 Å². The molecule has 0 aromatic carbocycles. The zero-order chi connectivity index (χ0) is 49.6. The zero-order valence-electron chi connectivity index (χ0n) is 46.7. The highest BCUT2D eigenvalue weighted by Gasteiger charge is 2.19. The Labute approximate surface area is 425 Å². The molecular formula is C62H120O6. The van der Waals surface area contributed by atoms with Crippen LogP contribution in [0.5, 0.6) is 0 Å². The van der Waals surface area contributed by atoms with Crippen molar-refractivity contribution in [3.05, 3.63) is 0 Å². The number of hydrogen-bond acceptors (Lipinski definition) is 6. The van der Waals surface area contributed by atoms with E-state index in [1.807, 2.05) is 0 Å². The Kier molecular flexibility index (Phi) is 53.5. The van der Waals surface area contributed by atoms with E-state index in [0.29, 0.717) is 19.3 Å². The average molecular weight is 962 g/mol. The molecule has 0 aliphatic rings. The number of carbonyl (C=O) groups is 3. The number of carbonyl (C=O) groups excluding carboxylic acids is 3. The first-order valence-electron chi connectivity index (χ1n) is 30.8. The van der Waals surface area contributed by atoms with Crippen LogP contribution in [-0.4, -0.2) is 37.2 Å². The molecule has 0 spiro atoms. The molecule has 0 aliphatic carbocycles. The smallest absolute Gasteiger partial charge is 0.306 e. The highest BCUT2D eigenvalue weighted by molar-refractivity contribution is 5.71. The van der Waals surface area contributed by atoms with E-state index in [1.54, 1.807) is 0 Å². The third-order valence-electron chi connectivity index (χ3n) is 14.6. The third kappa shape index (κ3) is 53.8. The van der Waals surface area contributed by atoms with Crippen LogP contribution in [0.2, 0.25) is 0 Å². The van der Waals surface area contributed by atoms with Crippen LogP contribution in [0.25, 0.3) is 0 Å². The molecule has 6 heteroatoms. The third-order valence-corrected chi connectivity index (χ3v) is 14.6. The lowest BCUT2D eigenvalue weighted by atomic mass is 9.99. The molecule has 0 heterocycles. The van der Waals surface area contributed by atoms with Crippen LogP contribution >= 0.6 is 0 Å². The van der Waals surface area contributed by atoms with Crippen LogP contribution in [0.4, 0.5) is 0 Å². The van der Waals surface area contributed by atoms with Gasteiger partial charge in [0.1, 0.15) is 13.2 Å². The minimum Gasteiger partial charge on any atom is -0.462 e. The monoisotopic (exact) mass is 961 g/mol. The lowest BCUT2D eigenvalue weighted by Gasteiger charge is -2.18. The van der Waals surface area contributed by atoms with Crippen LogP contribution in [0, 0.1) is 11.8 Å². The standard InChI is InChI=1S/C62H120O6/c1-6-8-9-10-11-12-13-14-15-16-17-18-22-25-28-31-37-42-47-52-60(63)66-55-59(68-62(65)54-49-44-39-34-33-36-41-46-51-58(5)7-2)56-67-61(64)53-48-43-38-32-29-26-23-20-19-21-24-27-30-35-40-45-50-57(3)4/h57-59H,6-56H2,1-5H3/t58?,59-/m0/s1. The largest absolute Gasteiger partial charge is 0.462 e. The predicted octanol–water partition coefficient (Wildman–Crippen LogP) is 20.4. The van der Waals surface area contributed by atoms with E-state index in [2.05, 4.69) is 34.6 Å². The number of esters is 3. The van der Waals surface area contributed by atoms with Gasteiger partial charge in [-0.3, -0.25) is 14.4 Å². The van der Waals surface area contributed by atoms with Crippen molar-refractivity contribution in [1.82, 2.24) is 0 Å². The Morgan fingerprint density at radius 2 is 0.559 bits per heavy atom.